The Labute approximate surface area is 293 Å². The maximum Gasteiger partial charge on any atom is 0.303 e. The molecule has 50 heavy (non-hydrogen) atoms. The van der Waals surface area contributed by atoms with Gasteiger partial charge in [0.2, 0.25) is 11.1 Å². The van der Waals surface area contributed by atoms with Crippen LogP contribution in [0.4, 0.5) is 0 Å². The number of phenols is 1. The Hall–Kier alpha value is -5.08. The molecule has 258 valence electrons. The molecule has 1 amide bonds. The molecule has 1 saturated heterocycles. The van der Waals surface area contributed by atoms with Gasteiger partial charge >= 0.3 is 5.97 Å². The van der Waals surface area contributed by atoms with E-state index < -0.39 is 12.3 Å². The van der Waals surface area contributed by atoms with Crippen LogP contribution >= 0.6 is 11.8 Å². The molecule has 0 spiro atoms. The Balaban J connectivity index is 1.19. The molecule has 1 aromatic heterocycles. The van der Waals surface area contributed by atoms with E-state index in [1.165, 1.54) is 11.8 Å². The van der Waals surface area contributed by atoms with Crippen molar-refractivity contribution in [2.75, 3.05) is 5.75 Å². The number of aliphatic hydroxyl groups is 1. The number of carboxylic acid groups (broad SMARTS) is 1. The zero-order chi connectivity index (χ0) is 35.0. The highest BCUT2D eigenvalue weighted by atomic mass is 32.2. The highest BCUT2D eigenvalue weighted by Crippen LogP contribution is 2.43. The SMILES string of the molecule is CC1C(CSc2nnnn2-c2ccc(O)cc2)OC(c2ccc(-c3cccc(CNC(=O)CCC(=O)O)c3)cc2)OC1c1ccc(CO)cc1. The number of nitrogens with one attached hydrogen (secondary N) is 1. The Morgan fingerprint density at radius 1 is 0.880 bits per heavy atom. The smallest absolute Gasteiger partial charge is 0.303 e. The summed E-state index contributed by atoms with van der Waals surface area (Å²) >= 11 is 1.47. The van der Waals surface area contributed by atoms with Gasteiger partial charge in [-0.1, -0.05) is 85.4 Å². The Bertz CT molecular complexity index is 1900. The summed E-state index contributed by atoms with van der Waals surface area (Å²) in [5.41, 5.74) is 6.21. The first-order chi connectivity index (χ1) is 24.3. The Morgan fingerprint density at radius 2 is 1.62 bits per heavy atom. The number of carboxylic acids is 1. The fourth-order valence-electron chi connectivity index (χ4n) is 5.69. The quantitative estimate of drug-likeness (QED) is 0.113. The van der Waals surface area contributed by atoms with Gasteiger partial charge < -0.3 is 30.1 Å². The van der Waals surface area contributed by atoms with Crippen LogP contribution in [0.2, 0.25) is 0 Å². The second-order valence-electron chi connectivity index (χ2n) is 12.0. The number of aromatic nitrogens is 4. The molecule has 0 bridgehead atoms. The number of carbonyl (C=O) groups is 2. The second kappa shape index (κ2) is 16.1. The highest BCUT2D eigenvalue weighted by Gasteiger charge is 2.38. The van der Waals surface area contributed by atoms with Crippen LogP contribution < -0.4 is 5.32 Å². The number of aliphatic carboxylic acids is 1. The maximum absolute atomic E-state index is 12.0. The van der Waals surface area contributed by atoms with Crippen molar-refractivity contribution in [1.82, 2.24) is 25.5 Å². The van der Waals surface area contributed by atoms with E-state index in [0.29, 0.717) is 17.5 Å². The van der Waals surface area contributed by atoms with E-state index in [1.807, 2.05) is 72.8 Å². The topological polar surface area (TPSA) is 169 Å². The summed E-state index contributed by atoms with van der Waals surface area (Å²) in [6.45, 7) is 2.35. The summed E-state index contributed by atoms with van der Waals surface area (Å²) in [5.74, 6) is -0.649. The Morgan fingerprint density at radius 3 is 2.34 bits per heavy atom. The van der Waals surface area contributed by atoms with Crippen LogP contribution in [0.25, 0.3) is 16.8 Å². The molecular weight excluding hydrogens is 659 g/mol. The van der Waals surface area contributed by atoms with E-state index in [0.717, 1.165) is 39.1 Å². The molecule has 0 radical (unpaired) electrons. The van der Waals surface area contributed by atoms with Crippen molar-refractivity contribution in [1.29, 1.82) is 0 Å². The van der Waals surface area contributed by atoms with E-state index in [4.69, 9.17) is 14.6 Å². The number of aromatic hydroxyl groups is 1. The third-order valence-electron chi connectivity index (χ3n) is 8.53. The molecule has 1 aliphatic rings. The average Bonchev–Trinajstić information content (AvgIpc) is 3.62. The van der Waals surface area contributed by atoms with E-state index in [1.54, 1.807) is 28.9 Å². The van der Waals surface area contributed by atoms with Gasteiger partial charge in [0.15, 0.2) is 6.29 Å². The largest absolute Gasteiger partial charge is 0.508 e. The third kappa shape index (κ3) is 8.55. The number of carbonyl (C=O) groups excluding carboxylic acids is 1. The van der Waals surface area contributed by atoms with Gasteiger partial charge in [0.1, 0.15) is 5.75 Å². The van der Waals surface area contributed by atoms with Crippen LogP contribution in [0.15, 0.2) is 102 Å². The van der Waals surface area contributed by atoms with Crippen molar-refractivity contribution in [3.05, 3.63) is 119 Å². The number of benzene rings is 4. The van der Waals surface area contributed by atoms with Crippen LogP contribution in [0.5, 0.6) is 5.75 Å². The molecule has 12 nitrogen and oxygen atoms in total. The molecule has 6 rings (SSSR count). The first-order valence-corrected chi connectivity index (χ1v) is 17.1. The van der Waals surface area contributed by atoms with Crippen LogP contribution in [0.3, 0.4) is 0 Å². The van der Waals surface area contributed by atoms with E-state index >= 15 is 0 Å². The standard InChI is InChI=1S/C37H37N5O7S/c1-23-32(22-50-37-39-40-41-42(37)30-13-15-31(44)16-14-30)48-36(49-35(23)27-7-5-24(21-43)6-8-27)28-11-9-26(10-12-28)29-4-2-3-25(19-29)20-38-33(45)17-18-34(46)47/h2-16,19,23,32,35-36,43-44H,17-18,20-22H2,1H3,(H,38,45)(H,46,47). The summed E-state index contributed by atoms with van der Waals surface area (Å²) in [4.78, 5) is 22.8. The zero-order valence-electron chi connectivity index (χ0n) is 27.3. The van der Waals surface area contributed by atoms with Gasteiger partial charge in [-0.3, -0.25) is 9.59 Å². The predicted molar refractivity (Wildman–Crippen MR) is 185 cm³/mol. The van der Waals surface area contributed by atoms with Gasteiger partial charge in [-0.15, -0.1) is 5.10 Å². The number of thioether (sulfide) groups is 1. The van der Waals surface area contributed by atoms with Crippen LogP contribution in [0.1, 0.15) is 54.4 Å². The van der Waals surface area contributed by atoms with Crippen molar-refractivity contribution in [2.45, 2.75) is 56.6 Å². The minimum absolute atomic E-state index is 0.0386. The van der Waals surface area contributed by atoms with Crippen molar-refractivity contribution in [2.24, 2.45) is 5.92 Å². The van der Waals surface area contributed by atoms with E-state index in [-0.39, 0.29) is 49.2 Å². The summed E-state index contributed by atoms with van der Waals surface area (Å²) in [6.07, 6.45) is -1.46. The lowest BCUT2D eigenvalue weighted by Gasteiger charge is -2.41. The number of aliphatic hydroxyl groups excluding tert-OH is 1. The lowest BCUT2D eigenvalue weighted by molar-refractivity contribution is -0.268. The molecule has 4 atom stereocenters. The van der Waals surface area contributed by atoms with Crippen LogP contribution in [-0.4, -0.2) is 59.3 Å². The fraction of sp³-hybridized carbons (Fsp3) is 0.270. The molecule has 0 aliphatic carbocycles. The number of phenolic OH excluding ortho intramolecular Hbond substituents is 1. The van der Waals surface area contributed by atoms with Crippen molar-refractivity contribution >= 4 is 23.6 Å². The van der Waals surface area contributed by atoms with Crippen LogP contribution in [0, 0.1) is 5.92 Å². The summed E-state index contributed by atoms with van der Waals surface area (Å²) in [5, 5.41) is 43.7. The number of hydrogen-bond acceptors (Lipinski definition) is 10. The minimum atomic E-state index is -1.00. The van der Waals surface area contributed by atoms with Gasteiger partial charge in [-0.25, -0.2) is 0 Å². The number of hydrogen-bond donors (Lipinski definition) is 4. The molecule has 1 fully saturated rings. The second-order valence-corrected chi connectivity index (χ2v) is 13.0. The van der Waals surface area contributed by atoms with Gasteiger partial charge in [0.25, 0.3) is 0 Å². The lowest BCUT2D eigenvalue weighted by Crippen LogP contribution is -2.38. The number of amides is 1. The van der Waals surface area contributed by atoms with Crippen LogP contribution in [-0.2, 0) is 32.2 Å². The van der Waals surface area contributed by atoms with Crippen molar-refractivity contribution < 1.29 is 34.4 Å². The molecule has 0 saturated carbocycles. The first kappa shape index (κ1) is 34.8. The molecule has 1 aliphatic heterocycles. The zero-order valence-corrected chi connectivity index (χ0v) is 28.1. The van der Waals surface area contributed by atoms with Gasteiger partial charge in [-0.05, 0) is 68.6 Å². The summed E-state index contributed by atoms with van der Waals surface area (Å²) in [6, 6.07) is 30.2. The number of ether oxygens (including phenoxy) is 2. The van der Waals surface area contributed by atoms with Gasteiger partial charge in [0, 0.05) is 30.2 Å². The van der Waals surface area contributed by atoms with Crippen molar-refractivity contribution in [3.63, 3.8) is 0 Å². The number of rotatable bonds is 13. The number of tetrazole rings is 1. The molecular formula is C37H37N5O7S. The van der Waals surface area contributed by atoms with E-state index in [2.05, 4.69) is 27.8 Å². The molecule has 4 unspecified atom stereocenters. The first-order valence-electron chi connectivity index (χ1n) is 16.2. The Kier molecular flexibility index (Phi) is 11.2. The molecule has 5 aromatic rings. The highest BCUT2D eigenvalue weighted by molar-refractivity contribution is 7.99. The fourth-order valence-corrected chi connectivity index (χ4v) is 6.75. The van der Waals surface area contributed by atoms with Gasteiger partial charge in [0.05, 0.1) is 30.9 Å². The summed E-state index contributed by atoms with van der Waals surface area (Å²) in [7, 11) is 0. The normalized spacial score (nSPS) is 18.8. The minimum Gasteiger partial charge on any atom is -0.508 e. The molecule has 4 aromatic carbocycles. The molecule has 4 N–H and O–H groups in total. The summed E-state index contributed by atoms with van der Waals surface area (Å²) < 4.78 is 14.9. The maximum atomic E-state index is 12.0. The monoisotopic (exact) mass is 695 g/mol. The molecule has 2 heterocycles. The van der Waals surface area contributed by atoms with E-state index in [9.17, 15) is 19.8 Å². The van der Waals surface area contributed by atoms with Crippen molar-refractivity contribution in [3.8, 4) is 22.6 Å². The third-order valence-corrected chi connectivity index (χ3v) is 9.54. The average molecular weight is 696 g/mol. The predicted octanol–water partition coefficient (Wildman–Crippen LogP) is 5.59. The molecule has 13 heteroatoms. The number of nitrogens with zero attached hydrogens (tertiary/aromatic N) is 4. The lowest BCUT2D eigenvalue weighted by atomic mass is 9.91. The van der Waals surface area contributed by atoms with Gasteiger partial charge in [-0.2, -0.15) is 4.68 Å².